The molecule has 0 bridgehead atoms. The minimum absolute atomic E-state index is 0.101. The van der Waals surface area contributed by atoms with E-state index in [9.17, 15) is 9.90 Å². The first-order valence-electron chi connectivity index (χ1n) is 7.65. The molecule has 0 aliphatic heterocycles. The highest BCUT2D eigenvalue weighted by Crippen LogP contribution is 2.26. The molecule has 7 heteroatoms. The summed E-state index contributed by atoms with van der Waals surface area (Å²) < 4.78 is 7.17. The van der Waals surface area contributed by atoms with Crippen LogP contribution in [0.4, 0.5) is 0 Å². The van der Waals surface area contributed by atoms with Crippen LogP contribution >= 0.6 is 23.2 Å². The molecule has 2 aromatic carbocycles. The third-order valence-electron chi connectivity index (χ3n) is 3.88. The first-order chi connectivity index (χ1) is 11.9. The molecule has 0 spiro atoms. The summed E-state index contributed by atoms with van der Waals surface area (Å²) in [4.78, 5) is 11.6. The Bertz CT molecular complexity index is 943. The van der Waals surface area contributed by atoms with Gasteiger partial charge in [0.15, 0.2) is 5.69 Å². The monoisotopic (exact) mass is 378 g/mol. The van der Waals surface area contributed by atoms with Gasteiger partial charge in [-0.3, -0.25) is 4.68 Å². The lowest BCUT2D eigenvalue weighted by Gasteiger charge is -2.10. The largest absolute Gasteiger partial charge is 0.492 e. The Labute approximate surface area is 154 Å². The van der Waals surface area contributed by atoms with E-state index in [0.29, 0.717) is 28.2 Å². The Morgan fingerprint density at radius 1 is 1.20 bits per heavy atom. The number of halogens is 2. The topological polar surface area (TPSA) is 64.4 Å². The summed E-state index contributed by atoms with van der Waals surface area (Å²) in [5, 5.41) is 15.5. The van der Waals surface area contributed by atoms with E-state index in [-0.39, 0.29) is 12.3 Å². The van der Waals surface area contributed by atoms with E-state index in [0.717, 1.165) is 16.1 Å². The normalized spacial score (nSPS) is 11.0. The summed E-state index contributed by atoms with van der Waals surface area (Å²) >= 11 is 12.1. The van der Waals surface area contributed by atoms with E-state index >= 15 is 0 Å². The minimum atomic E-state index is -1.05. The first kappa shape index (κ1) is 17.6. The van der Waals surface area contributed by atoms with Gasteiger partial charge in [-0.1, -0.05) is 23.2 Å². The molecular formula is C18H16Cl2N2O3. The number of nitrogens with zero attached hydrogens (tertiary/aromatic N) is 2. The van der Waals surface area contributed by atoms with Gasteiger partial charge < -0.3 is 9.84 Å². The van der Waals surface area contributed by atoms with E-state index < -0.39 is 5.97 Å². The van der Waals surface area contributed by atoms with Crippen molar-refractivity contribution in [3.05, 3.63) is 57.2 Å². The summed E-state index contributed by atoms with van der Waals surface area (Å²) in [6.45, 7) is 4.40. The van der Waals surface area contributed by atoms with Gasteiger partial charge in [0.2, 0.25) is 0 Å². The predicted octanol–water partition coefficient (Wildman–Crippen LogP) is 4.74. The Balaban J connectivity index is 1.82. The van der Waals surface area contributed by atoms with E-state index in [1.54, 1.807) is 18.2 Å². The third kappa shape index (κ3) is 3.57. The highest BCUT2D eigenvalue weighted by molar-refractivity contribution is 6.32. The van der Waals surface area contributed by atoms with Crippen LogP contribution in [0.25, 0.3) is 10.9 Å². The van der Waals surface area contributed by atoms with Crippen molar-refractivity contribution >= 4 is 40.1 Å². The number of aryl methyl sites for hydroxylation is 2. The molecule has 0 saturated heterocycles. The molecule has 1 heterocycles. The van der Waals surface area contributed by atoms with Gasteiger partial charge in [0.25, 0.3) is 0 Å². The Morgan fingerprint density at radius 2 is 1.88 bits per heavy atom. The standard InChI is InChI=1S/C18H16Cl2N2O3/c1-10-7-13(8-11(2)16(10)20)25-6-5-22-17(18(23)24)14-9-12(19)3-4-15(14)21-22/h3-4,7-9H,5-6H2,1-2H3,(H,23,24). The number of carbonyl (C=O) groups is 1. The molecule has 0 fully saturated rings. The molecule has 0 aliphatic carbocycles. The highest BCUT2D eigenvalue weighted by Gasteiger charge is 2.18. The molecule has 0 saturated carbocycles. The molecule has 3 aromatic rings. The van der Waals surface area contributed by atoms with Crippen LogP contribution in [0.1, 0.15) is 21.6 Å². The zero-order chi connectivity index (χ0) is 18.1. The fraction of sp³-hybridized carbons (Fsp3) is 0.222. The lowest BCUT2D eigenvalue weighted by molar-refractivity contribution is 0.0684. The zero-order valence-electron chi connectivity index (χ0n) is 13.7. The molecular weight excluding hydrogens is 363 g/mol. The number of carboxylic acids is 1. The average Bonchev–Trinajstić information content (AvgIpc) is 2.90. The Kier molecular flexibility index (Phi) is 4.88. The molecule has 1 aromatic heterocycles. The maximum absolute atomic E-state index is 11.6. The van der Waals surface area contributed by atoms with Crippen molar-refractivity contribution in [3.8, 4) is 5.75 Å². The quantitative estimate of drug-likeness (QED) is 0.696. The van der Waals surface area contributed by atoms with Gasteiger partial charge in [0.05, 0.1) is 12.1 Å². The van der Waals surface area contributed by atoms with Gasteiger partial charge in [-0.2, -0.15) is 5.10 Å². The molecule has 25 heavy (non-hydrogen) atoms. The summed E-state index contributed by atoms with van der Waals surface area (Å²) in [6, 6.07) is 8.70. The molecule has 130 valence electrons. The Hall–Kier alpha value is -2.24. The smallest absolute Gasteiger partial charge is 0.354 e. The number of ether oxygens (including phenoxy) is 1. The molecule has 0 unspecified atom stereocenters. The second-order valence-corrected chi connectivity index (χ2v) is 6.57. The van der Waals surface area contributed by atoms with Gasteiger partial charge in [0.1, 0.15) is 12.4 Å². The molecule has 3 rings (SSSR count). The number of rotatable bonds is 5. The second-order valence-electron chi connectivity index (χ2n) is 5.76. The summed E-state index contributed by atoms with van der Waals surface area (Å²) in [5.41, 5.74) is 2.55. The van der Waals surface area contributed by atoms with Gasteiger partial charge >= 0.3 is 5.97 Å². The van der Waals surface area contributed by atoms with Crippen LogP contribution in [0.5, 0.6) is 5.75 Å². The third-order valence-corrected chi connectivity index (χ3v) is 4.72. The van der Waals surface area contributed by atoms with Crippen LogP contribution in [0.15, 0.2) is 30.3 Å². The maximum Gasteiger partial charge on any atom is 0.354 e. The molecule has 5 nitrogen and oxygen atoms in total. The molecule has 0 amide bonds. The van der Waals surface area contributed by atoms with Crippen LogP contribution < -0.4 is 4.74 Å². The van der Waals surface area contributed by atoms with Crippen molar-refractivity contribution in [2.45, 2.75) is 20.4 Å². The molecule has 1 N–H and O–H groups in total. The van der Waals surface area contributed by atoms with Crippen molar-refractivity contribution in [1.29, 1.82) is 0 Å². The Morgan fingerprint density at radius 3 is 2.52 bits per heavy atom. The van der Waals surface area contributed by atoms with Crippen molar-refractivity contribution in [3.63, 3.8) is 0 Å². The van der Waals surface area contributed by atoms with E-state index in [4.69, 9.17) is 27.9 Å². The number of hydrogen-bond acceptors (Lipinski definition) is 3. The van der Waals surface area contributed by atoms with E-state index in [1.807, 2.05) is 26.0 Å². The van der Waals surface area contributed by atoms with Crippen molar-refractivity contribution in [2.75, 3.05) is 6.61 Å². The van der Waals surface area contributed by atoms with Gasteiger partial charge in [-0.05, 0) is 55.3 Å². The number of hydrogen-bond donors (Lipinski definition) is 1. The minimum Gasteiger partial charge on any atom is -0.492 e. The second kappa shape index (κ2) is 6.94. The van der Waals surface area contributed by atoms with Crippen LogP contribution in [0, 0.1) is 13.8 Å². The zero-order valence-corrected chi connectivity index (χ0v) is 15.2. The van der Waals surface area contributed by atoms with E-state index in [1.165, 1.54) is 4.68 Å². The number of carboxylic acid groups (broad SMARTS) is 1. The van der Waals surface area contributed by atoms with Crippen LogP contribution in [-0.4, -0.2) is 27.5 Å². The fourth-order valence-corrected chi connectivity index (χ4v) is 3.01. The van der Waals surface area contributed by atoms with Crippen LogP contribution in [0.3, 0.4) is 0 Å². The van der Waals surface area contributed by atoms with Crippen LogP contribution in [-0.2, 0) is 6.54 Å². The van der Waals surface area contributed by atoms with Crippen molar-refractivity contribution in [2.24, 2.45) is 0 Å². The average molecular weight is 379 g/mol. The lowest BCUT2D eigenvalue weighted by Crippen LogP contribution is -2.15. The molecule has 0 radical (unpaired) electrons. The predicted molar refractivity (Wildman–Crippen MR) is 98.1 cm³/mol. The number of fused-ring (bicyclic) bond motifs is 1. The fourth-order valence-electron chi connectivity index (χ4n) is 2.73. The molecule has 0 atom stereocenters. The van der Waals surface area contributed by atoms with Gasteiger partial charge in [0, 0.05) is 15.4 Å². The summed E-state index contributed by atoms with van der Waals surface area (Å²) in [6.07, 6.45) is 0. The van der Waals surface area contributed by atoms with Gasteiger partial charge in [-0.15, -0.1) is 0 Å². The van der Waals surface area contributed by atoms with Crippen molar-refractivity contribution < 1.29 is 14.6 Å². The lowest BCUT2D eigenvalue weighted by atomic mass is 10.1. The number of aromatic carboxylic acids is 1. The van der Waals surface area contributed by atoms with Crippen LogP contribution in [0.2, 0.25) is 10.0 Å². The van der Waals surface area contributed by atoms with Crippen molar-refractivity contribution in [1.82, 2.24) is 9.78 Å². The number of aromatic nitrogens is 2. The highest BCUT2D eigenvalue weighted by atomic mass is 35.5. The maximum atomic E-state index is 11.6. The SMILES string of the molecule is Cc1cc(OCCn2nc3ccc(Cl)cc3c2C(=O)O)cc(C)c1Cl. The van der Waals surface area contributed by atoms with E-state index in [2.05, 4.69) is 5.10 Å². The molecule has 0 aliphatic rings. The first-order valence-corrected chi connectivity index (χ1v) is 8.41. The summed E-state index contributed by atoms with van der Waals surface area (Å²) in [7, 11) is 0. The number of benzene rings is 2. The summed E-state index contributed by atoms with van der Waals surface area (Å²) in [5.74, 6) is -0.362. The van der Waals surface area contributed by atoms with Gasteiger partial charge in [-0.25, -0.2) is 4.79 Å².